The van der Waals surface area contributed by atoms with Crippen LogP contribution in [0, 0.1) is 6.92 Å². The molecule has 1 aromatic carbocycles. The summed E-state index contributed by atoms with van der Waals surface area (Å²) >= 11 is 0. The smallest absolute Gasteiger partial charge is 0.0536 e. The van der Waals surface area contributed by atoms with E-state index in [4.69, 9.17) is 0 Å². The van der Waals surface area contributed by atoms with Crippen LogP contribution in [0.4, 0.5) is 0 Å². The molecule has 0 aliphatic carbocycles. The Labute approximate surface area is 107 Å². The third-order valence-corrected chi connectivity index (χ3v) is 3.48. The van der Waals surface area contributed by atoms with E-state index in [0.29, 0.717) is 0 Å². The lowest BCUT2D eigenvalue weighted by atomic mass is 10.1. The molecule has 0 unspecified atom stereocenters. The number of hydrogen-bond donors (Lipinski definition) is 0. The van der Waals surface area contributed by atoms with Gasteiger partial charge in [0.05, 0.1) is 5.69 Å². The third-order valence-electron chi connectivity index (χ3n) is 3.48. The maximum Gasteiger partial charge on any atom is 0.0536 e. The first-order chi connectivity index (χ1) is 8.83. The number of aryl methyl sites for hydroxylation is 2. The molecule has 18 heavy (non-hydrogen) atoms. The summed E-state index contributed by atoms with van der Waals surface area (Å²) in [6.45, 7) is 5.35. The Hall–Kier alpha value is -2.09. The summed E-state index contributed by atoms with van der Waals surface area (Å²) in [5.41, 5.74) is 5.11. The summed E-state index contributed by atoms with van der Waals surface area (Å²) in [5, 5.41) is 1.33. The molecule has 0 aliphatic heterocycles. The van der Waals surface area contributed by atoms with E-state index in [9.17, 15) is 0 Å². The minimum Gasteiger partial charge on any atom is -0.341 e. The topological polar surface area (TPSA) is 17.8 Å². The molecule has 0 fully saturated rings. The molecular weight excluding hydrogens is 220 g/mol. The first-order valence-electron chi connectivity index (χ1n) is 6.31. The Morgan fingerprint density at radius 2 is 1.94 bits per heavy atom. The average molecular weight is 236 g/mol. The Morgan fingerprint density at radius 1 is 1.11 bits per heavy atom. The van der Waals surface area contributed by atoms with Crippen LogP contribution >= 0.6 is 0 Å². The first-order valence-corrected chi connectivity index (χ1v) is 6.31. The number of aromatic nitrogens is 2. The van der Waals surface area contributed by atoms with Gasteiger partial charge in [0.1, 0.15) is 0 Å². The number of fused-ring (bicyclic) bond motifs is 1. The van der Waals surface area contributed by atoms with Gasteiger partial charge in [-0.2, -0.15) is 0 Å². The van der Waals surface area contributed by atoms with Crippen LogP contribution < -0.4 is 0 Å². The summed E-state index contributed by atoms with van der Waals surface area (Å²) in [4.78, 5) is 4.23. The molecule has 90 valence electrons. The maximum absolute atomic E-state index is 4.23. The van der Waals surface area contributed by atoms with Crippen molar-refractivity contribution in [2.75, 3.05) is 0 Å². The third kappa shape index (κ3) is 1.53. The molecule has 0 N–H and O–H groups in total. The van der Waals surface area contributed by atoms with Gasteiger partial charge in [0.25, 0.3) is 0 Å². The van der Waals surface area contributed by atoms with Crippen molar-refractivity contribution < 1.29 is 0 Å². The molecule has 0 amide bonds. The van der Waals surface area contributed by atoms with Crippen molar-refractivity contribution in [2.24, 2.45) is 0 Å². The van der Waals surface area contributed by atoms with Gasteiger partial charge in [0, 0.05) is 35.4 Å². The summed E-state index contributed by atoms with van der Waals surface area (Å²) in [7, 11) is 0. The van der Waals surface area contributed by atoms with Crippen molar-refractivity contribution in [3.8, 4) is 11.3 Å². The van der Waals surface area contributed by atoms with Gasteiger partial charge in [-0.05, 0) is 37.6 Å². The molecule has 0 saturated carbocycles. The largest absolute Gasteiger partial charge is 0.341 e. The number of rotatable bonds is 2. The number of nitrogens with zero attached hydrogens (tertiary/aromatic N) is 2. The molecule has 3 rings (SSSR count). The standard InChI is InChI=1S/C16H16N2/c1-3-18-15-9-5-4-8-14(15)12(2)16(18)13-7-6-10-17-11-13/h4-11H,3H2,1-2H3. The average Bonchev–Trinajstić information content (AvgIpc) is 2.73. The van der Waals surface area contributed by atoms with E-state index in [1.807, 2.05) is 18.5 Å². The zero-order valence-electron chi connectivity index (χ0n) is 10.7. The number of para-hydroxylation sites is 1. The van der Waals surface area contributed by atoms with Gasteiger partial charge in [0.15, 0.2) is 0 Å². The Morgan fingerprint density at radius 3 is 2.67 bits per heavy atom. The second kappa shape index (κ2) is 4.30. The lowest BCUT2D eigenvalue weighted by Gasteiger charge is -2.08. The normalized spacial score (nSPS) is 11.0. The van der Waals surface area contributed by atoms with E-state index in [0.717, 1.165) is 6.54 Å². The summed E-state index contributed by atoms with van der Waals surface area (Å²) in [6, 6.07) is 12.7. The molecule has 2 aromatic heterocycles. The molecule has 0 spiro atoms. The maximum atomic E-state index is 4.23. The zero-order valence-corrected chi connectivity index (χ0v) is 10.7. The highest BCUT2D eigenvalue weighted by Gasteiger charge is 2.13. The van der Waals surface area contributed by atoms with Gasteiger partial charge in [-0.25, -0.2) is 0 Å². The molecule has 0 aliphatic rings. The quantitative estimate of drug-likeness (QED) is 0.656. The first kappa shape index (κ1) is 11.0. The van der Waals surface area contributed by atoms with Gasteiger partial charge >= 0.3 is 0 Å². The molecule has 0 bridgehead atoms. The van der Waals surface area contributed by atoms with Crippen molar-refractivity contribution >= 4 is 10.9 Å². The highest BCUT2D eigenvalue weighted by Crippen LogP contribution is 2.32. The molecule has 2 nitrogen and oxygen atoms in total. The fourth-order valence-corrected chi connectivity index (χ4v) is 2.68. The number of benzene rings is 1. The van der Waals surface area contributed by atoms with E-state index in [1.54, 1.807) is 0 Å². The second-order valence-corrected chi connectivity index (χ2v) is 4.48. The number of pyridine rings is 1. The SMILES string of the molecule is CCn1c(-c2cccnc2)c(C)c2ccccc21. The van der Waals surface area contributed by atoms with Gasteiger partial charge in [-0.3, -0.25) is 4.98 Å². The van der Waals surface area contributed by atoms with Gasteiger partial charge < -0.3 is 4.57 Å². The van der Waals surface area contributed by atoms with Gasteiger partial charge in [-0.1, -0.05) is 18.2 Å². The van der Waals surface area contributed by atoms with E-state index in [1.165, 1.54) is 27.7 Å². The monoisotopic (exact) mass is 236 g/mol. The highest BCUT2D eigenvalue weighted by molar-refractivity contribution is 5.91. The van der Waals surface area contributed by atoms with Crippen molar-refractivity contribution in [1.82, 2.24) is 9.55 Å². The highest BCUT2D eigenvalue weighted by atomic mass is 15.0. The zero-order chi connectivity index (χ0) is 12.5. The van der Waals surface area contributed by atoms with E-state index in [2.05, 4.69) is 53.7 Å². The molecule has 2 heteroatoms. The lowest BCUT2D eigenvalue weighted by molar-refractivity contribution is 0.803. The Balaban J connectivity index is 2.38. The predicted octanol–water partition coefficient (Wildman–Crippen LogP) is 4.03. The van der Waals surface area contributed by atoms with Crippen LogP contribution in [0.2, 0.25) is 0 Å². The molecule has 0 radical (unpaired) electrons. The minimum atomic E-state index is 0.971. The van der Waals surface area contributed by atoms with Crippen LogP contribution in [-0.4, -0.2) is 9.55 Å². The van der Waals surface area contributed by atoms with E-state index < -0.39 is 0 Å². The van der Waals surface area contributed by atoms with Crippen LogP contribution in [0.1, 0.15) is 12.5 Å². The summed E-state index contributed by atoms with van der Waals surface area (Å²) in [6.07, 6.45) is 3.76. The van der Waals surface area contributed by atoms with E-state index in [-0.39, 0.29) is 0 Å². The van der Waals surface area contributed by atoms with Crippen LogP contribution in [-0.2, 0) is 6.54 Å². The molecule has 0 atom stereocenters. The molecule has 2 heterocycles. The number of hydrogen-bond acceptors (Lipinski definition) is 1. The van der Waals surface area contributed by atoms with Crippen LogP contribution in [0.3, 0.4) is 0 Å². The Kier molecular flexibility index (Phi) is 2.63. The van der Waals surface area contributed by atoms with Crippen LogP contribution in [0.25, 0.3) is 22.2 Å². The minimum absolute atomic E-state index is 0.971. The lowest BCUT2D eigenvalue weighted by Crippen LogP contribution is -1.97. The van der Waals surface area contributed by atoms with Crippen molar-refractivity contribution in [3.05, 3.63) is 54.4 Å². The molecule has 0 saturated heterocycles. The summed E-state index contributed by atoms with van der Waals surface area (Å²) < 4.78 is 2.36. The van der Waals surface area contributed by atoms with Gasteiger partial charge in [-0.15, -0.1) is 0 Å². The van der Waals surface area contributed by atoms with Crippen molar-refractivity contribution in [1.29, 1.82) is 0 Å². The van der Waals surface area contributed by atoms with E-state index >= 15 is 0 Å². The predicted molar refractivity (Wildman–Crippen MR) is 75.6 cm³/mol. The molecule has 3 aromatic rings. The van der Waals surface area contributed by atoms with Crippen LogP contribution in [0.15, 0.2) is 48.8 Å². The second-order valence-electron chi connectivity index (χ2n) is 4.48. The Bertz CT molecular complexity index is 681. The van der Waals surface area contributed by atoms with Gasteiger partial charge in [0.2, 0.25) is 0 Å². The van der Waals surface area contributed by atoms with Crippen molar-refractivity contribution in [3.63, 3.8) is 0 Å². The van der Waals surface area contributed by atoms with Crippen LogP contribution in [0.5, 0.6) is 0 Å². The summed E-state index contributed by atoms with van der Waals surface area (Å²) in [5.74, 6) is 0. The fourth-order valence-electron chi connectivity index (χ4n) is 2.68. The van der Waals surface area contributed by atoms with Crippen molar-refractivity contribution in [2.45, 2.75) is 20.4 Å². The molecular formula is C16H16N2. The fraction of sp³-hybridized carbons (Fsp3) is 0.188.